The van der Waals surface area contributed by atoms with Gasteiger partial charge in [0.25, 0.3) is 0 Å². The number of methoxy groups -OCH3 is 1. The van der Waals surface area contributed by atoms with E-state index in [1.165, 1.54) is 7.11 Å². The molecule has 2 aliphatic heterocycles. The summed E-state index contributed by atoms with van der Waals surface area (Å²) in [6.45, 7) is 5.59. The van der Waals surface area contributed by atoms with Gasteiger partial charge in [-0.3, -0.25) is 14.5 Å². The summed E-state index contributed by atoms with van der Waals surface area (Å²) < 4.78 is 17.3. The molecule has 0 aromatic heterocycles. The van der Waals surface area contributed by atoms with Crippen LogP contribution in [0.3, 0.4) is 0 Å². The molecule has 0 spiro atoms. The SMILES string of the molecule is CCCCCCCC(=O)N(CCN1CCOCC1)[C@@H]1C=C(C(=O)NCCO)[C@@H]2c3cc(CO)cc(OC)c3O[C@@H]2[C@H]1O. The molecule has 2 heterocycles. The van der Waals surface area contributed by atoms with E-state index in [1.54, 1.807) is 23.1 Å². The van der Waals surface area contributed by atoms with Crippen LogP contribution in [0.4, 0.5) is 0 Å². The maximum Gasteiger partial charge on any atom is 0.247 e. The molecule has 11 nitrogen and oxygen atoms in total. The lowest BCUT2D eigenvalue weighted by Gasteiger charge is -2.41. The van der Waals surface area contributed by atoms with E-state index in [9.17, 15) is 24.9 Å². The second kappa shape index (κ2) is 15.7. The Balaban J connectivity index is 1.67. The van der Waals surface area contributed by atoms with Gasteiger partial charge in [-0.15, -0.1) is 0 Å². The number of carbonyl (C=O) groups excluding carboxylic acids is 2. The third-order valence-corrected chi connectivity index (χ3v) is 8.43. The molecular formula is C31H47N3O8. The van der Waals surface area contributed by atoms with Crippen LogP contribution in [-0.4, -0.2) is 115 Å². The van der Waals surface area contributed by atoms with Crippen LogP contribution >= 0.6 is 0 Å². The van der Waals surface area contributed by atoms with Crippen molar-refractivity contribution in [1.29, 1.82) is 0 Å². The molecule has 4 atom stereocenters. The molecule has 0 bridgehead atoms. The standard InChI is InChI=1S/C31H47N3O8/c1-3-4-5-6-7-8-26(37)34(11-10-33-12-15-41-16-13-33)24-19-23(31(39)32-9-14-35)27-22-17-21(20-36)18-25(40-2)29(22)42-30(27)28(24)38/h17-19,24,27-28,30,35-36,38H,3-16,20H2,1-2H3,(H,32,39)/t24-,27+,28+,30+/m1/s1. The average Bonchev–Trinajstić information content (AvgIpc) is 3.40. The van der Waals surface area contributed by atoms with Gasteiger partial charge in [0.2, 0.25) is 11.8 Å². The van der Waals surface area contributed by atoms with Gasteiger partial charge in [-0.2, -0.15) is 0 Å². The summed E-state index contributed by atoms with van der Waals surface area (Å²) in [4.78, 5) is 31.2. The van der Waals surface area contributed by atoms with Gasteiger partial charge in [0.15, 0.2) is 11.5 Å². The van der Waals surface area contributed by atoms with Crippen LogP contribution in [0.25, 0.3) is 0 Å². The summed E-state index contributed by atoms with van der Waals surface area (Å²) in [7, 11) is 1.50. The summed E-state index contributed by atoms with van der Waals surface area (Å²) in [5.74, 6) is -0.301. The number of hydrogen-bond acceptors (Lipinski definition) is 9. The zero-order chi connectivity index (χ0) is 30.1. The first-order valence-electron chi connectivity index (χ1n) is 15.3. The molecule has 1 saturated heterocycles. The van der Waals surface area contributed by atoms with E-state index < -0.39 is 30.1 Å². The number of aliphatic hydroxyl groups is 3. The van der Waals surface area contributed by atoms with Crippen molar-refractivity contribution in [3.05, 3.63) is 34.9 Å². The van der Waals surface area contributed by atoms with E-state index in [1.807, 2.05) is 0 Å². The van der Waals surface area contributed by atoms with Crippen LogP contribution in [0.1, 0.15) is 62.5 Å². The summed E-state index contributed by atoms with van der Waals surface area (Å²) in [6, 6.07) is 2.65. The molecule has 1 aromatic rings. The normalized spacial score (nSPS) is 23.4. The first-order valence-corrected chi connectivity index (χ1v) is 15.3. The Morgan fingerprint density at radius 1 is 1.14 bits per heavy atom. The average molecular weight is 590 g/mol. The van der Waals surface area contributed by atoms with Gasteiger partial charge in [-0.1, -0.05) is 32.6 Å². The van der Waals surface area contributed by atoms with Gasteiger partial charge >= 0.3 is 0 Å². The monoisotopic (exact) mass is 589 g/mol. The number of nitrogens with one attached hydrogen (secondary N) is 1. The summed E-state index contributed by atoms with van der Waals surface area (Å²) in [5.41, 5.74) is 1.58. The topological polar surface area (TPSA) is 141 Å². The molecule has 234 valence electrons. The molecule has 0 saturated carbocycles. The maximum atomic E-state index is 13.8. The highest BCUT2D eigenvalue weighted by Gasteiger charge is 2.51. The minimum atomic E-state index is -1.12. The molecule has 1 aliphatic carbocycles. The fourth-order valence-corrected chi connectivity index (χ4v) is 6.16. The third-order valence-electron chi connectivity index (χ3n) is 8.43. The number of ether oxygens (including phenoxy) is 3. The molecule has 3 aliphatic rings. The van der Waals surface area contributed by atoms with Crippen molar-refractivity contribution in [3.8, 4) is 11.5 Å². The van der Waals surface area contributed by atoms with Crippen molar-refractivity contribution in [2.24, 2.45) is 0 Å². The lowest BCUT2D eigenvalue weighted by molar-refractivity contribution is -0.137. The number of aliphatic hydroxyl groups excluding tert-OH is 3. The van der Waals surface area contributed by atoms with E-state index >= 15 is 0 Å². The van der Waals surface area contributed by atoms with Crippen LogP contribution in [0.5, 0.6) is 11.5 Å². The minimum Gasteiger partial charge on any atom is -0.493 e. The van der Waals surface area contributed by atoms with E-state index in [0.29, 0.717) is 60.9 Å². The molecule has 0 unspecified atom stereocenters. The summed E-state index contributed by atoms with van der Waals surface area (Å²) in [5, 5.41) is 33.8. The highest BCUT2D eigenvalue weighted by atomic mass is 16.5. The van der Waals surface area contributed by atoms with E-state index in [2.05, 4.69) is 17.1 Å². The maximum absolute atomic E-state index is 13.8. The smallest absolute Gasteiger partial charge is 0.247 e. The van der Waals surface area contributed by atoms with Crippen molar-refractivity contribution < 1.29 is 39.1 Å². The molecule has 11 heteroatoms. The molecule has 4 rings (SSSR count). The predicted octanol–water partition coefficient (Wildman–Crippen LogP) is 1.33. The van der Waals surface area contributed by atoms with Crippen LogP contribution in [0.2, 0.25) is 0 Å². The zero-order valence-electron chi connectivity index (χ0n) is 24.9. The van der Waals surface area contributed by atoms with Crippen molar-refractivity contribution in [2.45, 2.75) is 76.2 Å². The first kappa shape index (κ1) is 32.2. The van der Waals surface area contributed by atoms with Gasteiger partial charge in [-0.05, 0) is 30.2 Å². The number of hydrogen-bond donors (Lipinski definition) is 4. The second-order valence-corrected chi connectivity index (χ2v) is 11.2. The highest BCUT2D eigenvalue weighted by Crippen LogP contribution is 2.51. The molecule has 0 radical (unpaired) electrons. The lowest BCUT2D eigenvalue weighted by Crippen LogP contribution is -2.57. The molecule has 1 fully saturated rings. The molecule has 2 amide bonds. The molecule has 4 N–H and O–H groups in total. The number of rotatable bonds is 15. The van der Waals surface area contributed by atoms with Crippen LogP contribution < -0.4 is 14.8 Å². The lowest BCUT2D eigenvalue weighted by atomic mass is 9.77. The molecule has 42 heavy (non-hydrogen) atoms. The van der Waals surface area contributed by atoms with Gasteiger partial charge in [-0.25, -0.2) is 0 Å². The molecule has 1 aromatic carbocycles. The Labute approximate surface area is 248 Å². The van der Waals surface area contributed by atoms with Gasteiger partial charge in [0.05, 0.1) is 45.5 Å². The fourth-order valence-electron chi connectivity index (χ4n) is 6.16. The summed E-state index contributed by atoms with van der Waals surface area (Å²) in [6.07, 6.45) is 5.14. The Morgan fingerprint density at radius 2 is 1.90 bits per heavy atom. The number of benzene rings is 1. The Morgan fingerprint density at radius 3 is 2.60 bits per heavy atom. The number of amides is 2. The predicted molar refractivity (Wildman–Crippen MR) is 156 cm³/mol. The highest BCUT2D eigenvalue weighted by molar-refractivity contribution is 5.96. The van der Waals surface area contributed by atoms with Crippen molar-refractivity contribution >= 4 is 11.8 Å². The Kier molecular flexibility index (Phi) is 12.0. The van der Waals surface area contributed by atoms with E-state index in [0.717, 1.165) is 45.2 Å². The number of morpholine rings is 1. The number of fused-ring (bicyclic) bond motifs is 3. The van der Waals surface area contributed by atoms with E-state index in [4.69, 9.17) is 14.2 Å². The second-order valence-electron chi connectivity index (χ2n) is 11.2. The minimum absolute atomic E-state index is 0.0614. The van der Waals surface area contributed by atoms with Gasteiger partial charge in [0, 0.05) is 50.3 Å². The number of unbranched alkanes of at least 4 members (excludes halogenated alkanes) is 4. The molecular weight excluding hydrogens is 542 g/mol. The Hall–Kier alpha value is -2.70. The van der Waals surface area contributed by atoms with Crippen LogP contribution in [0, 0.1) is 0 Å². The van der Waals surface area contributed by atoms with Gasteiger partial charge in [0.1, 0.15) is 12.2 Å². The number of carbonyl (C=O) groups is 2. The first-order chi connectivity index (χ1) is 20.4. The van der Waals surface area contributed by atoms with Crippen molar-refractivity contribution in [3.63, 3.8) is 0 Å². The van der Waals surface area contributed by atoms with Gasteiger partial charge < -0.3 is 39.7 Å². The largest absolute Gasteiger partial charge is 0.493 e. The van der Waals surface area contributed by atoms with E-state index in [-0.39, 0.29) is 25.7 Å². The van der Waals surface area contributed by atoms with Crippen molar-refractivity contribution in [1.82, 2.24) is 15.1 Å². The summed E-state index contributed by atoms with van der Waals surface area (Å²) >= 11 is 0. The zero-order valence-corrected chi connectivity index (χ0v) is 24.9. The number of nitrogens with zero attached hydrogens (tertiary/aromatic N) is 2. The van der Waals surface area contributed by atoms with Crippen LogP contribution in [0.15, 0.2) is 23.8 Å². The Bertz CT molecular complexity index is 1090. The van der Waals surface area contributed by atoms with Crippen molar-refractivity contribution in [2.75, 3.05) is 59.7 Å². The van der Waals surface area contributed by atoms with Crippen LogP contribution in [-0.2, 0) is 20.9 Å². The third kappa shape index (κ3) is 7.44. The fraction of sp³-hybridized carbons (Fsp3) is 0.677. The quantitative estimate of drug-likeness (QED) is 0.223.